The Hall–Kier alpha value is -4.37. The van der Waals surface area contributed by atoms with Crippen molar-refractivity contribution in [3.05, 3.63) is 90.0 Å². The molecule has 32 heavy (non-hydrogen) atoms. The topological polar surface area (TPSA) is 85.6 Å². The predicted molar refractivity (Wildman–Crippen MR) is 120 cm³/mol. The molecule has 0 aliphatic heterocycles. The second kappa shape index (κ2) is 11.1. The van der Waals surface area contributed by atoms with E-state index in [1.54, 1.807) is 49.4 Å². The molecule has 0 aromatic heterocycles. The van der Waals surface area contributed by atoms with E-state index in [4.69, 9.17) is 19.5 Å². The van der Waals surface area contributed by atoms with E-state index in [-0.39, 0.29) is 24.5 Å². The van der Waals surface area contributed by atoms with Crippen molar-refractivity contribution in [1.29, 1.82) is 5.26 Å². The fourth-order valence-corrected chi connectivity index (χ4v) is 2.86. The molecule has 0 heterocycles. The number of benzene rings is 3. The summed E-state index contributed by atoms with van der Waals surface area (Å²) in [4.78, 5) is 23.9. The molecule has 0 bridgehead atoms. The van der Waals surface area contributed by atoms with Crippen LogP contribution in [0, 0.1) is 11.3 Å². The number of nitrogens with zero attached hydrogens (tertiary/aromatic N) is 1. The van der Waals surface area contributed by atoms with Crippen molar-refractivity contribution in [1.82, 2.24) is 0 Å². The van der Waals surface area contributed by atoms with Gasteiger partial charge in [0.05, 0.1) is 6.61 Å². The van der Waals surface area contributed by atoms with Gasteiger partial charge >= 0.3 is 11.9 Å². The Bertz CT molecular complexity index is 1140. The SMILES string of the molecule is CCOC(=O)/C(C#N)=C/c1cccc(OC(=O)COc2ccc(-c3ccccc3)cc2)c1. The van der Waals surface area contributed by atoms with E-state index in [1.807, 2.05) is 42.5 Å². The van der Waals surface area contributed by atoms with Crippen molar-refractivity contribution in [3.63, 3.8) is 0 Å². The lowest BCUT2D eigenvalue weighted by Crippen LogP contribution is -2.17. The highest BCUT2D eigenvalue weighted by Gasteiger charge is 2.11. The minimum Gasteiger partial charge on any atom is -0.482 e. The van der Waals surface area contributed by atoms with E-state index >= 15 is 0 Å². The van der Waals surface area contributed by atoms with Crippen molar-refractivity contribution in [2.45, 2.75) is 6.92 Å². The lowest BCUT2D eigenvalue weighted by Gasteiger charge is -2.08. The van der Waals surface area contributed by atoms with Crippen LogP contribution >= 0.6 is 0 Å². The normalized spacial score (nSPS) is 10.7. The zero-order valence-electron chi connectivity index (χ0n) is 17.5. The van der Waals surface area contributed by atoms with Crippen LogP contribution in [-0.4, -0.2) is 25.2 Å². The summed E-state index contributed by atoms with van der Waals surface area (Å²) in [6.45, 7) is 1.56. The Labute approximate surface area is 186 Å². The highest BCUT2D eigenvalue weighted by molar-refractivity contribution is 5.97. The van der Waals surface area contributed by atoms with Crippen LogP contribution in [0.1, 0.15) is 12.5 Å². The van der Waals surface area contributed by atoms with E-state index in [0.29, 0.717) is 11.3 Å². The maximum absolute atomic E-state index is 12.2. The third-order valence-corrected chi connectivity index (χ3v) is 4.33. The van der Waals surface area contributed by atoms with Gasteiger partial charge in [0.2, 0.25) is 0 Å². The second-order valence-corrected chi connectivity index (χ2v) is 6.62. The van der Waals surface area contributed by atoms with Crippen LogP contribution in [0.3, 0.4) is 0 Å². The maximum atomic E-state index is 12.2. The van der Waals surface area contributed by atoms with Crippen molar-refractivity contribution >= 4 is 18.0 Å². The van der Waals surface area contributed by atoms with Gasteiger partial charge in [-0.05, 0) is 54.0 Å². The van der Waals surface area contributed by atoms with E-state index in [2.05, 4.69) is 0 Å². The minimum absolute atomic E-state index is 0.141. The Morgan fingerprint density at radius 2 is 1.62 bits per heavy atom. The van der Waals surface area contributed by atoms with Crippen molar-refractivity contribution in [2.75, 3.05) is 13.2 Å². The van der Waals surface area contributed by atoms with Crippen LogP contribution < -0.4 is 9.47 Å². The number of ether oxygens (including phenoxy) is 3. The van der Waals surface area contributed by atoms with Gasteiger partial charge < -0.3 is 14.2 Å². The lowest BCUT2D eigenvalue weighted by atomic mass is 10.1. The highest BCUT2D eigenvalue weighted by Crippen LogP contribution is 2.22. The third-order valence-electron chi connectivity index (χ3n) is 4.33. The van der Waals surface area contributed by atoms with Crippen molar-refractivity contribution in [3.8, 4) is 28.7 Å². The van der Waals surface area contributed by atoms with Gasteiger partial charge in [0, 0.05) is 0 Å². The van der Waals surface area contributed by atoms with Gasteiger partial charge in [-0.3, -0.25) is 0 Å². The molecule has 0 spiro atoms. The molecule has 3 rings (SSSR count). The van der Waals surface area contributed by atoms with Crippen LogP contribution in [0.5, 0.6) is 11.5 Å². The van der Waals surface area contributed by atoms with E-state index in [1.165, 1.54) is 6.08 Å². The van der Waals surface area contributed by atoms with Crippen molar-refractivity contribution in [2.24, 2.45) is 0 Å². The monoisotopic (exact) mass is 427 g/mol. The van der Waals surface area contributed by atoms with Gasteiger partial charge in [0.15, 0.2) is 6.61 Å². The molecule has 0 N–H and O–H groups in total. The first-order valence-corrected chi connectivity index (χ1v) is 9.97. The van der Waals surface area contributed by atoms with Crippen LogP contribution in [0.15, 0.2) is 84.4 Å². The van der Waals surface area contributed by atoms with Gasteiger partial charge in [-0.2, -0.15) is 5.26 Å². The first kappa shape index (κ1) is 22.3. The fraction of sp³-hybridized carbons (Fsp3) is 0.115. The van der Waals surface area contributed by atoms with Gasteiger partial charge in [0.25, 0.3) is 0 Å². The number of nitriles is 1. The molecular formula is C26H21NO5. The first-order valence-electron chi connectivity index (χ1n) is 9.97. The molecule has 0 saturated heterocycles. The average Bonchev–Trinajstić information content (AvgIpc) is 2.82. The number of hydrogen-bond acceptors (Lipinski definition) is 6. The quantitative estimate of drug-likeness (QED) is 0.222. The lowest BCUT2D eigenvalue weighted by molar-refractivity contribution is -0.138. The molecule has 0 aliphatic rings. The zero-order chi connectivity index (χ0) is 22.8. The summed E-state index contributed by atoms with van der Waals surface area (Å²) in [5, 5.41) is 9.14. The minimum atomic E-state index is -0.705. The standard InChI is InChI=1S/C26H21NO5/c1-2-30-26(29)22(17-27)15-19-7-6-10-24(16-19)32-25(28)18-31-23-13-11-21(12-14-23)20-8-4-3-5-9-20/h3-16H,2,18H2,1H3/b22-15+. The molecule has 3 aromatic rings. The Morgan fingerprint density at radius 3 is 2.31 bits per heavy atom. The predicted octanol–water partition coefficient (Wildman–Crippen LogP) is 4.81. The second-order valence-electron chi connectivity index (χ2n) is 6.62. The van der Waals surface area contributed by atoms with Crippen LogP contribution in [0.2, 0.25) is 0 Å². The number of carbonyl (C=O) groups excluding carboxylic acids is 2. The summed E-state index contributed by atoms with van der Waals surface area (Å²) < 4.78 is 15.6. The molecule has 6 heteroatoms. The maximum Gasteiger partial charge on any atom is 0.349 e. The Kier molecular flexibility index (Phi) is 7.77. The molecule has 3 aromatic carbocycles. The van der Waals surface area contributed by atoms with Gasteiger partial charge in [0.1, 0.15) is 23.1 Å². The summed E-state index contributed by atoms with van der Waals surface area (Å²) in [6, 6.07) is 25.6. The number of hydrogen-bond donors (Lipinski definition) is 0. The summed E-state index contributed by atoms with van der Waals surface area (Å²) in [6.07, 6.45) is 1.38. The molecule has 0 saturated carbocycles. The summed E-state index contributed by atoms with van der Waals surface area (Å²) in [7, 11) is 0. The largest absolute Gasteiger partial charge is 0.482 e. The smallest absolute Gasteiger partial charge is 0.349 e. The van der Waals surface area contributed by atoms with E-state index in [9.17, 15) is 9.59 Å². The molecule has 0 aliphatic carbocycles. The first-order chi connectivity index (χ1) is 15.6. The van der Waals surface area contributed by atoms with Gasteiger partial charge in [-0.25, -0.2) is 9.59 Å². The average molecular weight is 427 g/mol. The molecule has 160 valence electrons. The molecule has 0 amide bonds. The van der Waals surface area contributed by atoms with Crippen LogP contribution in [0.4, 0.5) is 0 Å². The Morgan fingerprint density at radius 1 is 0.906 bits per heavy atom. The van der Waals surface area contributed by atoms with Crippen LogP contribution in [0.25, 0.3) is 17.2 Å². The molecule has 0 unspecified atom stereocenters. The summed E-state index contributed by atoms with van der Waals surface area (Å²) in [5.74, 6) is -0.465. The highest BCUT2D eigenvalue weighted by atomic mass is 16.6. The van der Waals surface area contributed by atoms with Gasteiger partial charge in [-0.15, -0.1) is 0 Å². The Balaban J connectivity index is 1.58. The van der Waals surface area contributed by atoms with E-state index in [0.717, 1.165) is 11.1 Å². The molecule has 0 fully saturated rings. The zero-order valence-corrected chi connectivity index (χ0v) is 17.5. The number of rotatable bonds is 8. The number of esters is 2. The molecule has 6 nitrogen and oxygen atoms in total. The molecular weight excluding hydrogens is 406 g/mol. The summed E-state index contributed by atoms with van der Waals surface area (Å²) in [5.41, 5.74) is 2.52. The van der Waals surface area contributed by atoms with Crippen LogP contribution in [-0.2, 0) is 14.3 Å². The molecule has 0 atom stereocenters. The van der Waals surface area contributed by atoms with Gasteiger partial charge in [-0.1, -0.05) is 54.6 Å². The van der Waals surface area contributed by atoms with Crippen molar-refractivity contribution < 1.29 is 23.8 Å². The fourth-order valence-electron chi connectivity index (χ4n) is 2.86. The van der Waals surface area contributed by atoms with E-state index < -0.39 is 11.9 Å². The summed E-state index contributed by atoms with van der Waals surface area (Å²) >= 11 is 0. The molecule has 0 radical (unpaired) electrons. The third kappa shape index (κ3) is 6.31. The number of carbonyl (C=O) groups is 2.